The molecule has 1 aromatic heterocycles. The Morgan fingerprint density at radius 2 is 1.62 bits per heavy atom. The highest BCUT2D eigenvalue weighted by Crippen LogP contribution is 2.15. The van der Waals surface area contributed by atoms with Gasteiger partial charge in [-0.1, -0.05) is 61.9 Å². The Kier molecular flexibility index (Phi) is 6.34. The summed E-state index contributed by atoms with van der Waals surface area (Å²) >= 11 is 0. The highest BCUT2D eigenvalue weighted by molar-refractivity contribution is 6.01. The zero-order chi connectivity index (χ0) is 20.8. The zero-order valence-corrected chi connectivity index (χ0v) is 16.7. The van der Waals surface area contributed by atoms with Crippen molar-refractivity contribution in [1.82, 2.24) is 15.3 Å². The van der Waals surface area contributed by atoms with E-state index in [1.807, 2.05) is 63.2 Å². The van der Waals surface area contributed by atoms with E-state index in [-0.39, 0.29) is 17.7 Å². The minimum atomic E-state index is -0.684. The molecule has 0 radical (unpaired) electrons. The summed E-state index contributed by atoms with van der Waals surface area (Å²) < 4.78 is 0. The van der Waals surface area contributed by atoms with Crippen LogP contribution in [0.1, 0.15) is 29.8 Å². The fraction of sp³-hybridized carbons (Fsp3) is 0.217. The first-order valence-corrected chi connectivity index (χ1v) is 9.50. The highest BCUT2D eigenvalue weighted by atomic mass is 16.2. The van der Waals surface area contributed by atoms with Gasteiger partial charge in [0.15, 0.2) is 5.82 Å². The molecule has 3 rings (SSSR count). The number of rotatable bonds is 6. The van der Waals surface area contributed by atoms with Crippen molar-refractivity contribution in [3.05, 3.63) is 78.1 Å². The number of anilines is 1. The number of amides is 2. The summed E-state index contributed by atoms with van der Waals surface area (Å²) in [5, 5.41) is 5.62. The highest BCUT2D eigenvalue weighted by Gasteiger charge is 2.25. The van der Waals surface area contributed by atoms with Gasteiger partial charge in [0, 0.05) is 11.1 Å². The Bertz CT molecular complexity index is 985. The number of benzene rings is 2. The number of hydrogen-bond donors (Lipinski definition) is 2. The third-order valence-electron chi connectivity index (χ3n) is 4.47. The predicted molar refractivity (Wildman–Crippen MR) is 113 cm³/mol. The van der Waals surface area contributed by atoms with Crippen LogP contribution < -0.4 is 10.6 Å². The van der Waals surface area contributed by atoms with E-state index in [4.69, 9.17) is 0 Å². The molecule has 1 atom stereocenters. The van der Waals surface area contributed by atoms with Crippen LogP contribution in [0.15, 0.2) is 67.0 Å². The number of carbonyl (C=O) groups is 2. The van der Waals surface area contributed by atoms with Gasteiger partial charge in [0.1, 0.15) is 6.04 Å². The SMILES string of the molecule is Cc1cccc(C(=O)NC(C(=O)Nc2cnc(-c3ccccc3)nc2)C(C)C)c1. The first-order valence-electron chi connectivity index (χ1n) is 9.50. The van der Waals surface area contributed by atoms with Gasteiger partial charge in [-0.15, -0.1) is 0 Å². The molecule has 29 heavy (non-hydrogen) atoms. The van der Waals surface area contributed by atoms with Gasteiger partial charge in [0.2, 0.25) is 5.91 Å². The normalized spacial score (nSPS) is 11.7. The van der Waals surface area contributed by atoms with Gasteiger partial charge in [0.05, 0.1) is 18.1 Å². The summed E-state index contributed by atoms with van der Waals surface area (Å²) in [5.74, 6) is -0.0969. The number of hydrogen-bond acceptors (Lipinski definition) is 4. The summed E-state index contributed by atoms with van der Waals surface area (Å²) in [6.45, 7) is 5.69. The maximum atomic E-state index is 12.8. The average Bonchev–Trinajstić information content (AvgIpc) is 2.72. The van der Waals surface area contributed by atoms with Gasteiger partial charge in [-0.2, -0.15) is 0 Å². The predicted octanol–water partition coefficient (Wildman–Crippen LogP) is 3.85. The second-order valence-electron chi connectivity index (χ2n) is 7.22. The van der Waals surface area contributed by atoms with Crippen LogP contribution >= 0.6 is 0 Å². The molecule has 0 bridgehead atoms. The number of aromatic nitrogens is 2. The van der Waals surface area contributed by atoms with E-state index in [1.165, 1.54) is 0 Å². The van der Waals surface area contributed by atoms with Crippen LogP contribution in [0.25, 0.3) is 11.4 Å². The van der Waals surface area contributed by atoms with Crippen molar-refractivity contribution in [2.24, 2.45) is 5.92 Å². The summed E-state index contributed by atoms with van der Waals surface area (Å²) in [4.78, 5) is 33.9. The number of nitrogens with one attached hydrogen (secondary N) is 2. The van der Waals surface area contributed by atoms with E-state index in [0.29, 0.717) is 17.1 Å². The molecule has 148 valence electrons. The summed E-state index contributed by atoms with van der Waals surface area (Å²) in [6, 6.07) is 16.2. The molecule has 3 aromatic rings. The Morgan fingerprint density at radius 3 is 2.24 bits per heavy atom. The van der Waals surface area contributed by atoms with E-state index in [9.17, 15) is 9.59 Å². The molecule has 0 aliphatic heterocycles. The van der Waals surface area contributed by atoms with Crippen molar-refractivity contribution < 1.29 is 9.59 Å². The second kappa shape index (κ2) is 9.10. The summed E-state index contributed by atoms with van der Waals surface area (Å²) in [6.07, 6.45) is 3.12. The van der Waals surface area contributed by atoms with Crippen LogP contribution in [0, 0.1) is 12.8 Å². The molecule has 0 spiro atoms. The molecule has 0 saturated carbocycles. The maximum absolute atomic E-state index is 12.8. The second-order valence-corrected chi connectivity index (χ2v) is 7.22. The molecule has 6 nitrogen and oxygen atoms in total. The van der Waals surface area contributed by atoms with Crippen molar-refractivity contribution in [2.75, 3.05) is 5.32 Å². The van der Waals surface area contributed by atoms with Crippen molar-refractivity contribution >= 4 is 17.5 Å². The standard InChI is InChI=1S/C23H24N4O2/c1-15(2)20(27-22(28)18-11-7-8-16(3)12-18)23(29)26-19-13-24-21(25-14-19)17-9-5-4-6-10-17/h4-15,20H,1-3H3,(H,26,29)(H,27,28). The van der Waals surface area contributed by atoms with E-state index < -0.39 is 6.04 Å². The smallest absolute Gasteiger partial charge is 0.251 e. The number of aryl methyl sites for hydroxylation is 1. The first-order chi connectivity index (χ1) is 13.9. The molecular weight excluding hydrogens is 364 g/mol. The fourth-order valence-corrected chi connectivity index (χ4v) is 2.89. The Hall–Kier alpha value is -3.54. The zero-order valence-electron chi connectivity index (χ0n) is 16.7. The third kappa shape index (κ3) is 5.25. The molecule has 2 amide bonds. The monoisotopic (exact) mass is 388 g/mol. The lowest BCUT2D eigenvalue weighted by molar-refractivity contribution is -0.118. The lowest BCUT2D eigenvalue weighted by atomic mass is 10.0. The Morgan fingerprint density at radius 1 is 0.931 bits per heavy atom. The van der Waals surface area contributed by atoms with Crippen LogP contribution in [-0.4, -0.2) is 27.8 Å². The van der Waals surface area contributed by atoms with Gasteiger partial charge in [-0.25, -0.2) is 9.97 Å². The molecule has 0 aliphatic rings. The molecule has 2 aromatic carbocycles. The molecule has 0 fully saturated rings. The first kappa shape index (κ1) is 20.2. The summed E-state index contributed by atoms with van der Waals surface area (Å²) in [7, 11) is 0. The van der Waals surface area contributed by atoms with Gasteiger partial charge in [-0.05, 0) is 25.0 Å². The van der Waals surface area contributed by atoms with Crippen molar-refractivity contribution in [3.63, 3.8) is 0 Å². The van der Waals surface area contributed by atoms with E-state index in [2.05, 4.69) is 20.6 Å². The van der Waals surface area contributed by atoms with Gasteiger partial charge >= 0.3 is 0 Å². The van der Waals surface area contributed by atoms with Crippen LogP contribution in [0.3, 0.4) is 0 Å². The number of nitrogens with zero attached hydrogens (tertiary/aromatic N) is 2. The molecule has 1 heterocycles. The van der Waals surface area contributed by atoms with Crippen LogP contribution in [0.5, 0.6) is 0 Å². The van der Waals surface area contributed by atoms with E-state index >= 15 is 0 Å². The Labute approximate surface area is 170 Å². The lowest BCUT2D eigenvalue weighted by Crippen LogP contribution is -2.47. The van der Waals surface area contributed by atoms with Crippen LogP contribution in [-0.2, 0) is 4.79 Å². The number of carbonyl (C=O) groups excluding carboxylic acids is 2. The minimum absolute atomic E-state index is 0.0896. The average molecular weight is 388 g/mol. The molecule has 0 saturated heterocycles. The minimum Gasteiger partial charge on any atom is -0.340 e. The molecule has 1 unspecified atom stereocenters. The maximum Gasteiger partial charge on any atom is 0.251 e. The molecule has 2 N–H and O–H groups in total. The van der Waals surface area contributed by atoms with Crippen LogP contribution in [0.4, 0.5) is 5.69 Å². The summed E-state index contributed by atoms with van der Waals surface area (Å²) in [5.41, 5.74) is 2.89. The molecule has 6 heteroatoms. The fourth-order valence-electron chi connectivity index (χ4n) is 2.89. The quantitative estimate of drug-likeness (QED) is 0.672. The lowest BCUT2D eigenvalue weighted by Gasteiger charge is -2.21. The third-order valence-corrected chi connectivity index (χ3v) is 4.47. The Balaban J connectivity index is 1.69. The van der Waals surface area contributed by atoms with Gasteiger partial charge in [-0.3, -0.25) is 9.59 Å². The molecule has 0 aliphatic carbocycles. The van der Waals surface area contributed by atoms with Gasteiger partial charge in [0.25, 0.3) is 5.91 Å². The van der Waals surface area contributed by atoms with E-state index in [1.54, 1.807) is 24.5 Å². The van der Waals surface area contributed by atoms with Crippen molar-refractivity contribution in [3.8, 4) is 11.4 Å². The van der Waals surface area contributed by atoms with Gasteiger partial charge < -0.3 is 10.6 Å². The van der Waals surface area contributed by atoms with Crippen LogP contribution in [0.2, 0.25) is 0 Å². The van der Waals surface area contributed by atoms with Crippen molar-refractivity contribution in [2.45, 2.75) is 26.8 Å². The largest absolute Gasteiger partial charge is 0.340 e. The topological polar surface area (TPSA) is 84.0 Å². The van der Waals surface area contributed by atoms with E-state index in [0.717, 1.165) is 11.1 Å². The van der Waals surface area contributed by atoms with Crippen molar-refractivity contribution in [1.29, 1.82) is 0 Å². The molecular formula is C23H24N4O2.